The van der Waals surface area contributed by atoms with Gasteiger partial charge in [-0.1, -0.05) is 29.8 Å². The molecule has 1 aliphatic rings. The molecule has 5 nitrogen and oxygen atoms in total. The van der Waals surface area contributed by atoms with Gasteiger partial charge in [0.25, 0.3) is 0 Å². The van der Waals surface area contributed by atoms with Gasteiger partial charge in [0.05, 0.1) is 32.8 Å². The predicted molar refractivity (Wildman–Crippen MR) is 183 cm³/mol. The van der Waals surface area contributed by atoms with E-state index < -0.39 is 18.8 Å². The van der Waals surface area contributed by atoms with Gasteiger partial charge < -0.3 is 9.31 Å². The Morgan fingerprint density at radius 3 is 1.91 bits per heavy atom. The highest BCUT2D eigenvalue weighted by Gasteiger charge is 2.52. The van der Waals surface area contributed by atoms with Crippen molar-refractivity contribution < 1.29 is 27.7 Å². The molecule has 0 saturated carbocycles. The summed E-state index contributed by atoms with van der Waals surface area (Å²) < 4.78 is 39.9. The number of pyridine rings is 1. The Labute approximate surface area is 277 Å². The lowest BCUT2D eigenvalue weighted by atomic mass is 9.78. The monoisotopic (exact) mass is 669 g/mol. The van der Waals surface area contributed by atoms with Crippen LogP contribution in [0.3, 0.4) is 0 Å². The highest BCUT2D eigenvalue weighted by atomic mass is 35.5. The number of hydrogen-bond acceptors (Lipinski definition) is 7. The van der Waals surface area contributed by atoms with Gasteiger partial charge in [0.1, 0.15) is 11.6 Å². The van der Waals surface area contributed by atoms with Gasteiger partial charge in [-0.15, -0.1) is 23.5 Å². The Balaban J connectivity index is 0.000000210. The van der Waals surface area contributed by atoms with Crippen LogP contribution in [0.4, 0.5) is 8.78 Å². The van der Waals surface area contributed by atoms with Crippen LogP contribution in [0.5, 0.6) is 0 Å². The van der Waals surface area contributed by atoms with E-state index in [-0.39, 0.29) is 38.7 Å². The Bertz CT molecular complexity index is 1800. The summed E-state index contributed by atoms with van der Waals surface area (Å²) in [5.74, 6) is -1.48. The second-order valence-corrected chi connectivity index (χ2v) is 13.8. The smallest absolute Gasteiger partial charge is 0.399 e. The quantitative estimate of drug-likeness (QED) is 0.115. The third-order valence-corrected chi connectivity index (χ3v) is 10.3. The van der Waals surface area contributed by atoms with E-state index in [2.05, 4.69) is 4.98 Å². The van der Waals surface area contributed by atoms with E-state index in [1.54, 1.807) is 37.7 Å². The lowest BCUT2D eigenvalue weighted by molar-refractivity contribution is 0.00578. The number of aromatic nitrogens is 1. The van der Waals surface area contributed by atoms with Crippen molar-refractivity contribution in [1.29, 1.82) is 0 Å². The maximum atomic E-state index is 14.1. The van der Waals surface area contributed by atoms with Crippen molar-refractivity contribution in [2.45, 2.75) is 69.5 Å². The van der Waals surface area contributed by atoms with Gasteiger partial charge in [-0.3, -0.25) is 9.59 Å². The minimum Gasteiger partial charge on any atom is -0.399 e. The van der Waals surface area contributed by atoms with Gasteiger partial charge in [-0.2, -0.15) is 0 Å². The van der Waals surface area contributed by atoms with E-state index in [0.29, 0.717) is 27.9 Å². The van der Waals surface area contributed by atoms with Gasteiger partial charge in [0.2, 0.25) is 0 Å². The molecule has 45 heavy (non-hydrogen) atoms. The summed E-state index contributed by atoms with van der Waals surface area (Å²) >= 11 is 9.49. The second kappa shape index (κ2) is 13.5. The van der Waals surface area contributed by atoms with Gasteiger partial charge in [-0.25, -0.2) is 13.8 Å². The fourth-order valence-corrected chi connectivity index (χ4v) is 6.29. The van der Waals surface area contributed by atoms with Crippen LogP contribution in [0.25, 0.3) is 22.2 Å². The Morgan fingerprint density at radius 1 is 0.844 bits per heavy atom. The molecule has 0 aliphatic carbocycles. The summed E-state index contributed by atoms with van der Waals surface area (Å²) in [6.07, 6.45) is 3.92. The zero-order valence-electron chi connectivity index (χ0n) is 26.7. The van der Waals surface area contributed by atoms with Crippen LogP contribution in [-0.4, -0.2) is 47.4 Å². The Hall–Kier alpha value is -2.76. The van der Waals surface area contributed by atoms with Crippen LogP contribution in [-0.2, 0) is 9.31 Å². The number of rotatable bonds is 6. The maximum Gasteiger partial charge on any atom is 0.496 e. The van der Waals surface area contributed by atoms with Crippen molar-refractivity contribution in [3.05, 3.63) is 81.9 Å². The fourth-order valence-electron chi connectivity index (χ4n) is 4.84. The SMILES string of the molecule is CSc1ccc(C(C)=O)cc1-c1nc2cc(F)cc(F)c2c(Cl)c1C.CSc1ccc(C(C)=O)cc1B1OC(C)(C)C(C)(C)O1. The number of thioether (sulfide) groups is 2. The summed E-state index contributed by atoms with van der Waals surface area (Å²) in [7, 11) is -0.429. The lowest BCUT2D eigenvalue weighted by Crippen LogP contribution is -2.41. The van der Waals surface area contributed by atoms with Gasteiger partial charge in [0, 0.05) is 38.6 Å². The van der Waals surface area contributed by atoms with Crippen LogP contribution in [0.15, 0.2) is 58.3 Å². The summed E-state index contributed by atoms with van der Waals surface area (Å²) in [5.41, 5.74) is 3.35. The number of halogens is 3. The van der Waals surface area contributed by atoms with E-state index in [9.17, 15) is 18.4 Å². The van der Waals surface area contributed by atoms with Crippen molar-refractivity contribution in [3.8, 4) is 11.3 Å². The lowest BCUT2D eigenvalue weighted by Gasteiger charge is -2.32. The molecule has 5 rings (SSSR count). The van der Waals surface area contributed by atoms with Crippen molar-refractivity contribution >= 4 is 70.2 Å². The number of fused-ring (bicyclic) bond motifs is 1. The zero-order chi connectivity index (χ0) is 33.4. The molecule has 0 amide bonds. The van der Waals surface area contributed by atoms with E-state index in [0.717, 1.165) is 27.4 Å². The Kier molecular flexibility index (Phi) is 10.6. The largest absolute Gasteiger partial charge is 0.496 e. The summed E-state index contributed by atoms with van der Waals surface area (Å²) in [5, 5.41) is 0.288. The van der Waals surface area contributed by atoms with Crippen LogP contribution in [0, 0.1) is 18.6 Å². The zero-order valence-corrected chi connectivity index (χ0v) is 29.1. The minimum atomic E-state index is -0.746. The fraction of sp³-hybridized carbons (Fsp3) is 0.324. The standard InChI is InChI=1S/C19H14ClF2NOS.C15H21BO3S/c1-9-18(20)17-14(22)7-12(21)8-15(17)23-19(9)13-6-11(10(2)24)4-5-16(13)25-3;1-10(17)11-7-8-13(20-6)12(9-11)16-18-14(2,3)15(4,5)19-16/h4-8H,1-3H3;7-9H,1-6H3. The second-order valence-electron chi connectivity index (χ2n) is 11.8. The molecule has 0 unspecified atom stereocenters. The van der Waals surface area contributed by atoms with Crippen LogP contribution >= 0.6 is 35.1 Å². The molecule has 236 valence electrons. The molecule has 0 atom stereocenters. The number of benzene rings is 3. The topological polar surface area (TPSA) is 65.5 Å². The molecule has 2 heterocycles. The van der Waals surface area contributed by atoms with E-state index in [1.807, 2.05) is 64.5 Å². The third kappa shape index (κ3) is 7.15. The van der Waals surface area contributed by atoms with Crippen LogP contribution < -0.4 is 5.46 Å². The van der Waals surface area contributed by atoms with Crippen molar-refractivity contribution in [1.82, 2.24) is 4.98 Å². The first-order chi connectivity index (χ1) is 21.0. The summed E-state index contributed by atoms with van der Waals surface area (Å²) in [6, 6.07) is 13.0. The molecule has 11 heteroatoms. The molecule has 1 aliphatic heterocycles. The first kappa shape index (κ1) is 35.1. The molecule has 1 fully saturated rings. The molecule has 0 N–H and O–H groups in total. The van der Waals surface area contributed by atoms with Gasteiger partial charge >= 0.3 is 7.12 Å². The predicted octanol–water partition coefficient (Wildman–Crippen LogP) is 8.98. The van der Waals surface area contributed by atoms with E-state index in [4.69, 9.17) is 20.9 Å². The number of ketones is 2. The number of carbonyl (C=O) groups excluding carboxylic acids is 2. The summed E-state index contributed by atoms with van der Waals surface area (Å²) in [4.78, 5) is 29.7. The third-order valence-electron chi connectivity index (χ3n) is 8.17. The van der Waals surface area contributed by atoms with Crippen LogP contribution in [0.2, 0.25) is 5.02 Å². The molecule has 3 aromatic carbocycles. The number of hydrogen-bond donors (Lipinski definition) is 0. The minimum absolute atomic E-state index is 0.0513. The van der Waals surface area contributed by atoms with Crippen molar-refractivity contribution in [2.24, 2.45) is 0 Å². The van der Waals surface area contributed by atoms with Crippen molar-refractivity contribution in [3.63, 3.8) is 0 Å². The first-order valence-corrected chi connectivity index (χ1v) is 17.0. The average Bonchev–Trinajstić information content (AvgIpc) is 3.20. The molecule has 0 spiro atoms. The highest BCUT2D eigenvalue weighted by Crippen LogP contribution is 2.39. The molecular weight excluding hydrogens is 635 g/mol. The molecule has 1 aromatic heterocycles. The van der Waals surface area contributed by atoms with Gasteiger partial charge in [0.15, 0.2) is 11.6 Å². The molecule has 0 radical (unpaired) electrons. The molecule has 0 bridgehead atoms. The molecule has 4 aromatic rings. The number of nitrogens with zero attached hydrogens (tertiary/aromatic N) is 1. The molecule has 1 saturated heterocycles. The highest BCUT2D eigenvalue weighted by molar-refractivity contribution is 7.99. The molecular formula is C34H35BClF2NO4S2. The number of Topliss-reactive ketones (excluding diaryl/α,β-unsaturated/α-hetero) is 2. The number of carbonyl (C=O) groups is 2. The average molecular weight is 670 g/mol. The van der Waals surface area contributed by atoms with Gasteiger partial charge in [-0.05, 0) is 90.2 Å². The van der Waals surface area contributed by atoms with Crippen LogP contribution in [0.1, 0.15) is 67.8 Å². The van der Waals surface area contributed by atoms with Crippen molar-refractivity contribution in [2.75, 3.05) is 12.5 Å². The summed E-state index contributed by atoms with van der Waals surface area (Å²) in [6.45, 7) is 12.9. The normalized spacial score (nSPS) is 15.2. The first-order valence-electron chi connectivity index (χ1n) is 14.2. The Morgan fingerprint density at radius 2 is 1.38 bits per heavy atom. The van der Waals surface area contributed by atoms with E-state index >= 15 is 0 Å². The van der Waals surface area contributed by atoms with E-state index in [1.165, 1.54) is 18.7 Å². The maximum absolute atomic E-state index is 14.1.